The lowest BCUT2D eigenvalue weighted by molar-refractivity contribution is -0.815. The molecule has 4 nitrogen and oxygen atoms in total. The summed E-state index contributed by atoms with van der Waals surface area (Å²) in [6.45, 7) is 0.880. The lowest BCUT2D eigenvalue weighted by Crippen LogP contribution is -2.69. The van der Waals surface area contributed by atoms with Crippen LogP contribution in [0.25, 0.3) is 0 Å². The van der Waals surface area contributed by atoms with E-state index in [9.17, 15) is 10.2 Å². The van der Waals surface area contributed by atoms with Crippen LogP contribution in [0.3, 0.4) is 0 Å². The number of aliphatic hydroxyl groups excluding tert-OH is 1. The molecule has 1 fully saturated rings. The SMILES string of the molecule is C[N+]1([S-])CC[C@]23c4c5[c]cc(O)c4O[C@H]2[C@@H](O)C=C[C@H]3[C@H]1C5. The third-order valence-corrected chi connectivity index (χ3v) is 6.74. The van der Waals surface area contributed by atoms with Crippen LogP contribution in [0.15, 0.2) is 18.2 Å². The van der Waals surface area contributed by atoms with Gasteiger partial charge in [0.25, 0.3) is 0 Å². The Balaban J connectivity index is 1.84. The monoisotopic (exact) mass is 316 g/mol. The van der Waals surface area contributed by atoms with Gasteiger partial charge < -0.3 is 31.7 Å². The Bertz CT molecular complexity index is 716. The van der Waals surface area contributed by atoms with Crippen molar-refractivity contribution in [3.63, 3.8) is 0 Å². The zero-order valence-corrected chi connectivity index (χ0v) is 13.1. The molecule has 2 aliphatic heterocycles. The van der Waals surface area contributed by atoms with Gasteiger partial charge in [-0.15, -0.1) is 0 Å². The van der Waals surface area contributed by atoms with Crippen molar-refractivity contribution >= 4 is 12.8 Å². The molecule has 2 bridgehead atoms. The number of aromatic hydroxyl groups is 1. The zero-order chi connectivity index (χ0) is 15.3. The molecule has 6 atom stereocenters. The van der Waals surface area contributed by atoms with Crippen molar-refractivity contribution in [2.75, 3.05) is 13.6 Å². The number of benzene rings is 1. The number of phenols is 1. The molecule has 5 heteroatoms. The number of phenolic OH excluding ortho intramolecular Hbond substituents is 1. The first kappa shape index (κ1) is 13.3. The lowest BCUT2D eigenvalue weighted by atomic mass is 9.53. The molecule has 1 radical (unpaired) electrons. The molecule has 115 valence electrons. The molecule has 5 rings (SSSR count). The minimum atomic E-state index is -0.642. The Hall–Kier alpha value is -1.17. The summed E-state index contributed by atoms with van der Waals surface area (Å²) in [7, 11) is 2.11. The van der Waals surface area contributed by atoms with Crippen LogP contribution in [0, 0.1) is 12.0 Å². The summed E-state index contributed by atoms with van der Waals surface area (Å²) in [5.74, 6) is 0.944. The first-order valence-corrected chi connectivity index (χ1v) is 8.18. The highest BCUT2D eigenvalue weighted by atomic mass is 32.1. The maximum absolute atomic E-state index is 10.5. The van der Waals surface area contributed by atoms with Gasteiger partial charge in [-0.1, -0.05) is 12.2 Å². The molecule has 1 aromatic carbocycles. The topological polar surface area (TPSA) is 49.7 Å². The number of likely N-dealkylation sites (N-methyl/N-ethyl adjacent to an activating group) is 1. The summed E-state index contributed by atoms with van der Waals surface area (Å²) < 4.78 is 6.65. The molecule has 0 amide bonds. The lowest BCUT2D eigenvalue weighted by Gasteiger charge is -2.62. The fourth-order valence-corrected chi connectivity index (χ4v) is 5.59. The van der Waals surface area contributed by atoms with E-state index in [-0.39, 0.29) is 29.2 Å². The van der Waals surface area contributed by atoms with E-state index in [1.54, 1.807) is 6.07 Å². The van der Waals surface area contributed by atoms with Crippen LogP contribution >= 0.6 is 0 Å². The van der Waals surface area contributed by atoms with E-state index in [1.165, 1.54) is 0 Å². The van der Waals surface area contributed by atoms with Gasteiger partial charge in [0.15, 0.2) is 11.5 Å². The standard InChI is InChI=1S/C17H18NO3S/c1-18(22)7-6-17-10-3-5-13(20)16(17)21-15-12(19)4-2-9(14(15)17)8-11(10)18/h3-5,10-11,13,16,19-20H,6-8H2,1H3/t10-,11+,13-,16-,17-,18?/m0/s1. The molecule has 1 spiro atoms. The van der Waals surface area contributed by atoms with Gasteiger partial charge in [-0.2, -0.15) is 0 Å². The second-order valence-electron chi connectivity index (χ2n) is 7.26. The Morgan fingerprint density at radius 1 is 1.45 bits per heavy atom. The Labute approximate surface area is 135 Å². The number of nitrogens with zero attached hydrogens (tertiary/aromatic N) is 1. The number of piperidine rings is 1. The van der Waals surface area contributed by atoms with Crippen molar-refractivity contribution in [3.8, 4) is 11.5 Å². The molecule has 0 aromatic heterocycles. The Kier molecular flexibility index (Phi) is 2.31. The van der Waals surface area contributed by atoms with Gasteiger partial charge in [0, 0.05) is 24.3 Å². The van der Waals surface area contributed by atoms with E-state index in [4.69, 9.17) is 17.6 Å². The molecule has 1 aromatic rings. The van der Waals surface area contributed by atoms with Crippen LogP contribution in [0.4, 0.5) is 0 Å². The normalized spacial score (nSPS) is 47.0. The van der Waals surface area contributed by atoms with E-state index in [2.05, 4.69) is 19.2 Å². The molecular weight excluding hydrogens is 298 g/mol. The van der Waals surface area contributed by atoms with Crippen molar-refractivity contribution in [2.45, 2.75) is 36.5 Å². The van der Waals surface area contributed by atoms with Gasteiger partial charge in [0.1, 0.15) is 12.2 Å². The summed E-state index contributed by atoms with van der Waals surface area (Å²) in [5.41, 5.74) is 1.93. The fourth-order valence-electron chi connectivity index (χ4n) is 5.29. The zero-order valence-electron chi connectivity index (χ0n) is 12.3. The summed E-state index contributed by atoms with van der Waals surface area (Å²) in [4.78, 5) is 0. The third-order valence-electron chi connectivity index (χ3n) is 6.28. The van der Waals surface area contributed by atoms with Crippen molar-refractivity contribution in [1.82, 2.24) is 0 Å². The summed E-state index contributed by atoms with van der Waals surface area (Å²) in [5, 5.41) is 20.7. The minimum Gasteiger partial charge on any atom is -0.504 e. The first-order valence-electron chi connectivity index (χ1n) is 7.81. The fraction of sp³-hybridized carbons (Fsp3) is 0.529. The van der Waals surface area contributed by atoms with Crippen LogP contribution in [0.2, 0.25) is 0 Å². The van der Waals surface area contributed by atoms with Gasteiger partial charge in [-0.3, -0.25) is 0 Å². The second-order valence-corrected chi connectivity index (χ2v) is 8.09. The Morgan fingerprint density at radius 3 is 3.09 bits per heavy atom. The number of ether oxygens (including phenoxy) is 1. The molecule has 2 aliphatic carbocycles. The van der Waals surface area contributed by atoms with E-state index >= 15 is 0 Å². The minimum absolute atomic E-state index is 0.133. The smallest absolute Gasteiger partial charge is 0.165 e. The van der Waals surface area contributed by atoms with Gasteiger partial charge in [-0.25, -0.2) is 0 Å². The average Bonchev–Trinajstić information content (AvgIpc) is 2.84. The molecule has 1 unspecified atom stereocenters. The molecule has 0 saturated carbocycles. The van der Waals surface area contributed by atoms with Crippen molar-refractivity contribution in [2.24, 2.45) is 5.92 Å². The van der Waals surface area contributed by atoms with Crippen molar-refractivity contribution in [3.05, 3.63) is 35.4 Å². The van der Waals surface area contributed by atoms with E-state index < -0.39 is 6.10 Å². The summed E-state index contributed by atoms with van der Waals surface area (Å²) >= 11 is 5.84. The molecule has 4 aliphatic rings. The van der Waals surface area contributed by atoms with Crippen LogP contribution in [0.1, 0.15) is 17.5 Å². The maximum atomic E-state index is 10.5. The third kappa shape index (κ3) is 1.30. The quantitative estimate of drug-likeness (QED) is 0.425. The van der Waals surface area contributed by atoms with Gasteiger partial charge in [0.05, 0.1) is 25.0 Å². The number of quaternary nitrogens is 1. The molecule has 22 heavy (non-hydrogen) atoms. The highest BCUT2D eigenvalue weighted by Gasteiger charge is 2.66. The maximum Gasteiger partial charge on any atom is 0.165 e. The highest BCUT2D eigenvalue weighted by molar-refractivity contribution is 7.52. The van der Waals surface area contributed by atoms with E-state index in [1.807, 2.05) is 6.08 Å². The van der Waals surface area contributed by atoms with Gasteiger partial charge >= 0.3 is 0 Å². The predicted octanol–water partition coefficient (Wildman–Crippen LogP) is 0.975. The van der Waals surface area contributed by atoms with Crippen molar-refractivity contribution < 1.29 is 18.8 Å². The van der Waals surface area contributed by atoms with Crippen LogP contribution in [-0.2, 0) is 24.7 Å². The van der Waals surface area contributed by atoms with E-state index in [0.29, 0.717) is 9.64 Å². The largest absolute Gasteiger partial charge is 0.504 e. The average molecular weight is 316 g/mol. The summed E-state index contributed by atoms with van der Waals surface area (Å²) in [6, 6.07) is 5.12. The second kappa shape index (κ2) is 3.83. The predicted molar refractivity (Wildman–Crippen MR) is 82.2 cm³/mol. The molecule has 1 saturated heterocycles. The molecular formula is C17H18NO3S. The van der Waals surface area contributed by atoms with Crippen molar-refractivity contribution in [1.29, 1.82) is 0 Å². The number of rotatable bonds is 0. The number of likely N-dealkylation sites (tertiary alicyclic amines) is 1. The highest BCUT2D eigenvalue weighted by Crippen LogP contribution is 2.63. The number of aliphatic hydroxyl groups is 1. The first-order chi connectivity index (χ1) is 10.4. The van der Waals surface area contributed by atoms with Crippen LogP contribution in [0.5, 0.6) is 11.5 Å². The molecule has 2 N–H and O–H groups in total. The van der Waals surface area contributed by atoms with Gasteiger partial charge in [0.2, 0.25) is 0 Å². The van der Waals surface area contributed by atoms with Crippen LogP contribution in [-0.4, -0.2) is 45.9 Å². The Morgan fingerprint density at radius 2 is 2.27 bits per heavy atom. The van der Waals surface area contributed by atoms with Crippen LogP contribution < -0.4 is 4.74 Å². The number of hydrogen-bond acceptors (Lipinski definition) is 4. The molecule has 2 heterocycles. The van der Waals surface area contributed by atoms with E-state index in [0.717, 1.165) is 30.5 Å². The summed E-state index contributed by atoms with van der Waals surface area (Å²) in [6.07, 6.45) is 4.74. The van der Waals surface area contributed by atoms with Gasteiger partial charge in [-0.05, 0) is 17.7 Å². The number of hydrogen-bond donors (Lipinski definition) is 2.